The zero-order chi connectivity index (χ0) is 24.6. The summed E-state index contributed by atoms with van der Waals surface area (Å²) in [4.78, 5) is 32.9. The molecular weight excluding hydrogens is 478 g/mol. The predicted molar refractivity (Wildman–Crippen MR) is 117 cm³/mol. The van der Waals surface area contributed by atoms with Crippen LogP contribution in [0.4, 0.5) is 19.3 Å². The number of carbonyl (C=O) groups is 2. The molecule has 0 radical (unpaired) electrons. The molecular formula is C21H17ClF2N4O6. The first-order chi connectivity index (χ1) is 16.2. The van der Waals surface area contributed by atoms with E-state index >= 15 is 0 Å². The number of carboxylic acid groups (broad SMARTS) is 1. The van der Waals surface area contributed by atoms with Crippen LogP contribution in [0.5, 0.6) is 17.2 Å². The van der Waals surface area contributed by atoms with Gasteiger partial charge in [-0.05, 0) is 12.1 Å². The molecule has 4 rings (SSSR count). The van der Waals surface area contributed by atoms with Gasteiger partial charge in [0.05, 0.1) is 30.5 Å². The molecule has 2 N–H and O–H groups in total. The highest BCUT2D eigenvalue weighted by molar-refractivity contribution is 6.37. The summed E-state index contributed by atoms with van der Waals surface area (Å²) < 4.78 is 44.1. The molecule has 0 spiro atoms. The van der Waals surface area contributed by atoms with Gasteiger partial charge in [-0.3, -0.25) is 4.90 Å². The van der Waals surface area contributed by atoms with Crippen LogP contribution >= 0.6 is 11.6 Å². The van der Waals surface area contributed by atoms with Crippen molar-refractivity contribution >= 4 is 41.3 Å². The van der Waals surface area contributed by atoms with Crippen LogP contribution in [0.1, 0.15) is 5.56 Å². The third-order valence-electron chi connectivity index (χ3n) is 5.14. The number of halogens is 3. The second-order valence-corrected chi connectivity index (χ2v) is 7.49. The SMILES string of the molecule is COc1cc(Cl)c(N2C(=O)NC3C=NC(C(=O)O)=NC32)cc1OCc1c(OC)ccc(F)c1F. The number of ether oxygens (including phenoxy) is 3. The Morgan fingerprint density at radius 1 is 1.21 bits per heavy atom. The summed E-state index contributed by atoms with van der Waals surface area (Å²) in [6.07, 6.45) is 0.294. The van der Waals surface area contributed by atoms with Gasteiger partial charge in [-0.25, -0.2) is 28.4 Å². The van der Waals surface area contributed by atoms with E-state index in [0.29, 0.717) is 0 Å². The highest BCUT2D eigenvalue weighted by Gasteiger charge is 2.43. The van der Waals surface area contributed by atoms with Crippen molar-refractivity contribution in [1.82, 2.24) is 5.32 Å². The highest BCUT2D eigenvalue weighted by Crippen LogP contribution is 2.41. The fraction of sp³-hybridized carbons (Fsp3) is 0.238. The molecule has 2 aliphatic rings. The van der Waals surface area contributed by atoms with Gasteiger partial charge >= 0.3 is 12.0 Å². The van der Waals surface area contributed by atoms with E-state index in [9.17, 15) is 23.5 Å². The molecule has 0 bridgehead atoms. The number of aliphatic carboxylic acids is 1. The lowest BCUT2D eigenvalue weighted by atomic mass is 10.2. The van der Waals surface area contributed by atoms with Crippen molar-refractivity contribution in [3.63, 3.8) is 0 Å². The first-order valence-corrected chi connectivity index (χ1v) is 10.1. The Morgan fingerprint density at radius 3 is 2.62 bits per heavy atom. The Labute approximate surface area is 196 Å². The molecule has 2 heterocycles. The average molecular weight is 495 g/mol. The molecule has 2 aliphatic heterocycles. The van der Waals surface area contributed by atoms with Crippen LogP contribution in [0.3, 0.4) is 0 Å². The second kappa shape index (κ2) is 9.14. The first kappa shape index (κ1) is 23.2. The summed E-state index contributed by atoms with van der Waals surface area (Å²) in [5, 5.41) is 11.9. The van der Waals surface area contributed by atoms with Crippen LogP contribution in [0.25, 0.3) is 0 Å². The number of amidine groups is 1. The number of hydrogen-bond acceptors (Lipinski definition) is 7. The fourth-order valence-electron chi connectivity index (χ4n) is 3.52. The average Bonchev–Trinajstić information content (AvgIpc) is 3.15. The predicted octanol–water partition coefficient (Wildman–Crippen LogP) is 3.01. The third-order valence-corrected chi connectivity index (χ3v) is 5.44. The van der Waals surface area contributed by atoms with Crippen LogP contribution in [0.2, 0.25) is 5.02 Å². The minimum atomic E-state index is -1.36. The van der Waals surface area contributed by atoms with Crippen molar-refractivity contribution < 1.29 is 37.7 Å². The van der Waals surface area contributed by atoms with Crippen molar-refractivity contribution in [3.05, 3.63) is 46.5 Å². The highest BCUT2D eigenvalue weighted by atomic mass is 35.5. The summed E-state index contributed by atoms with van der Waals surface area (Å²) in [5.74, 6) is -3.76. The van der Waals surface area contributed by atoms with Crippen molar-refractivity contribution in [3.8, 4) is 17.2 Å². The van der Waals surface area contributed by atoms with Gasteiger partial charge in [0.2, 0.25) is 5.84 Å². The van der Waals surface area contributed by atoms with Crippen LogP contribution in [-0.4, -0.2) is 55.6 Å². The molecule has 2 aromatic rings. The maximum Gasteiger partial charge on any atom is 0.373 e. The number of benzene rings is 2. The number of methoxy groups -OCH3 is 2. The molecule has 2 atom stereocenters. The smallest absolute Gasteiger partial charge is 0.373 e. The number of fused-ring (bicyclic) bond motifs is 1. The lowest BCUT2D eigenvalue weighted by Crippen LogP contribution is -2.40. The number of urea groups is 1. The number of carboxylic acids is 1. The van der Waals surface area contributed by atoms with Gasteiger partial charge in [0.1, 0.15) is 18.4 Å². The molecule has 178 valence electrons. The number of nitrogens with zero attached hydrogens (tertiary/aromatic N) is 3. The van der Waals surface area contributed by atoms with E-state index in [4.69, 9.17) is 25.8 Å². The minimum absolute atomic E-state index is 0.0516. The van der Waals surface area contributed by atoms with E-state index in [1.165, 1.54) is 38.6 Å². The molecule has 0 aromatic heterocycles. The standard InChI is InChI=1S/C21H17ClF2N4O6/c1-32-14-4-3-11(23)17(24)9(14)8-34-16-6-13(10(22)5-15(16)33-2)28-19-12(26-21(28)31)7-25-18(27-19)20(29)30/h3-7,12,19H,8H2,1-2H3,(H,26,31)(H,29,30). The fourth-order valence-corrected chi connectivity index (χ4v) is 3.77. The number of amides is 2. The monoisotopic (exact) mass is 494 g/mol. The molecule has 2 aromatic carbocycles. The van der Waals surface area contributed by atoms with Gasteiger partial charge in [-0.1, -0.05) is 11.6 Å². The molecule has 0 saturated carbocycles. The van der Waals surface area contributed by atoms with E-state index in [0.717, 1.165) is 11.0 Å². The Hall–Kier alpha value is -3.93. The molecule has 2 amide bonds. The summed E-state index contributed by atoms with van der Waals surface area (Å²) >= 11 is 6.38. The van der Waals surface area contributed by atoms with E-state index in [1.807, 2.05) is 0 Å². The zero-order valence-corrected chi connectivity index (χ0v) is 18.5. The first-order valence-electron chi connectivity index (χ1n) is 9.71. The molecule has 2 unspecified atom stereocenters. The molecule has 13 heteroatoms. The van der Waals surface area contributed by atoms with E-state index in [2.05, 4.69) is 15.3 Å². The van der Waals surface area contributed by atoms with Crippen molar-refractivity contribution in [2.75, 3.05) is 19.1 Å². The molecule has 10 nitrogen and oxygen atoms in total. The van der Waals surface area contributed by atoms with E-state index in [-0.39, 0.29) is 33.5 Å². The van der Waals surface area contributed by atoms with Gasteiger partial charge in [0.25, 0.3) is 0 Å². The van der Waals surface area contributed by atoms with Gasteiger partial charge in [-0.15, -0.1) is 0 Å². The quantitative estimate of drug-likeness (QED) is 0.610. The Bertz CT molecular complexity index is 1240. The Kier molecular flexibility index (Phi) is 6.24. The zero-order valence-electron chi connectivity index (χ0n) is 17.7. The van der Waals surface area contributed by atoms with Gasteiger partial charge in [0, 0.05) is 18.3 Å². The molecule has 1 fully saturated rings. The van der Waals surface area contributed by atoms with Crippen molar-refractivity contribution in [1.29, 1.82) is 0 Å². The molecule has 0 aliphatic carbocycles. The second-order valence-electron chi connectivity index (χ2n) is 7.08. The Morgan fingerprint density at radius 2 is 1.94 bits per heavy atom. The number of nitrogens with one attached hydrogen (secondary N) is 1. The van der Waals surface area contributed by atoms with Crippen LogP contribution in [0.15, 0.2) is 34.3 Å². The lowest BCUT2D eigenvalue weighted by molar-refractivity contribution is -0.129. The summed E-state index contributed by atoms with van der Waals surface area (Å²) in [6, 6.07) is 3.62. The molecule has 1 saturated heterocycles. The summed E-state index contributed by atoms with van der Waals surface area (Å²) in [7, 11) is 2.65. The van der Waals surface area contributed by atoms with E-state index in [1.54, 1.807) is 0 Å². The maximum absolute atomic E-state index is 14.3. The number of hydrogen-bond donors (Lipinski definition) is 2. The number of anilines is 1. The third kappa shape index (κ3) is 4.07. The van der Waals surface area contributed by atoms with Crippen molar-refractivity contribution in [2.45, 2.75) is 18.8 Å². The van der Waals surface area contributed by atoms with Crippen LogP contribution < -0.4 is 24.4 Å². The van der Waals surface area contributed by atoms with Crippen LogP contribution in [-0.2, 0) is 11.4 Å². The van der Waals surface area contributed by atoms with Crippen LogP contribution in [0, 0.1) is 11.6 Å². The normalized spacial score (nSPS) is 18.8. The molecule has 34 heavy (non-hydrogen) atoms. The topological polar surface area (TPSA) is 122 Å². The Balaban J connectivity index is 1.70. The lowest BCUT2D eigenvalue weighted by Gasteiger charge is -2.25. The minimum Gasteiger partial charge on any atom is -0.496 e. The van der Waals surface area contributed by atoms with Gasteiger partial charge in [-0.2, -0.15) is 0 Å². The van der Waals surface area contributed by atoms with Gasteiger partial charge < -0.3 is 24.6 Å². The summed E-state index contributed by atoms with van der Waals surface area (Å²) in [5.41, 5.74) is -0.0443. The van der Waals surface area contributed by atoms with Gasteiger partial charge in [0.15, 0.2) is 29.3 Å². The number of carbonyl (C=O) groups excluding carboxylic acids is 1. The van der Waals surface area contributed by atoms with E-state index < -0.39 is 48.3 Å². The number of rotatable bonds is 7. The maximum atomic E-state index is 14.3. The largest absolute Gasteiger partial charge is 0.496 e. The summed E-state index contributed by atoms with van der Waals surface area (Å²) in [6.45, 7) is -0.434. The number of aliphatic imine (C=N–C) groups is 2. The van der Waals surface area contributed by atoms with Crippen molar-refractivity contribution in [2.24, 2.45) is 9.98 Å².